The van der Waals surface area contributed by atoms with Gasteiger partial charge in [0.05, 0.1) is 21.9 Å². The highest BCUT2D eigenvalue weighted by Gasteiger charge is 2.40. The molecule has 2 aromatic rings. The van der Waals surface area contributed by atoms with Crippen molar-refractivity contribution in [2.45, 2.75) is 77.3 Å². The van der Waals surface area contributed by atoms with Crippen molar-refractivity contribution in [2.75, 3.05) is 13.1 Å². The zero-order chi connectivity index (χ0) is 33.5. The molecule has 3 amide bonds. The van der Waals surface area contributed by atoms with Gasteiger partial charge in [-0.25, -0.2) is 4.39 Å². The minimum atomic E-state index is -3.47. The second-order valence-corrected chi connectivity index (χ2v) is 10.8. The van der Waals surface area contributed by atoms with Crippen LogP contribution >= 0.6 is 0 Å². The molecule has 2 saturated heterocycles. The topological polar surface area (TPSA) is 88.2 Å². The van der Waals surface area contributed by atoms with Crippen molar-refractivity contribution < 1.29 is 37.8 Å². The molecule has 3 heterocycles. The lowest BCUT2D eigenvalue weighted by molar-refractivity contribution is -0.182. The van der Waals surface area contributed by atoms with Gasteiger partial charge < -0.3 is 14.4 Å². The van der Waals surface area contributed by atoms with Crippen LogP contribution in [-0.2, 0) is 34.0 Å². The van der Waals surface area contributed by atoms with Crippen molar-refractivity contribution >= 4 is 17.7 Å². The SMILES string of the molecule is [2H]C([2H])(Oc1cccc2c1CN(C1([2H])C(=O)NC(=O)C([2H])([2H])C1([2H])[2H])C2=O)c1cc(CN2CC(C)(C)OC(C)(C)C2)ccc1F. The smallest absolute Gasteiger partial charge is 0.255 e. The number of hydrogen-bond acceptors (Lipinski definition) is 6. The molecular weight excluding hydrogens is 489 g/mol. The zero-order valence-corrected chi connectivity index (χ0v) is 21.6. The first-order valence-corrected chi connectivity index (χ1v) is 12.2. The predicted octanol–water partition coefficient (Wildman–Crippen LogP) is 3.56. The van der Waals surface area contributed by atoms with E-state index in [-0.39, 0.29) is 16.9 Å². The summed E-state index contributed by atoms with van der Waals surface area (Å²) in [4.78, 5) is 40.9. The van der Waals surface area contributed by atoms with Crippen molar-refractivity contribution in [3.8, 4) is 5.75 Å². The highest BCUT2D eigenvalue weighted by atomic mass is 19.1. The Balaban J connectivity index is 1.44. The molecule has 1 atom stereocenters. The van der Waals surface area contributed by atoms with E-state index in [1.165, 1.54) is 24.3 Å². The van der Waals surface area contributed by atoms with Crippen molar-refractivity contribution in [2.24, 2.45) is 0 Å². The van der Waals surface area contributed by atoms with Gasteiger partial charge in [0.25, 0.3) is 5.91 Å². The molecule has 0 spiro atoms. The van der Waals surface area contributed by atoms with Crippen LogP contribution in [0.15, 0.2) is 36.4 Å². The van der Waals surface area contributed by atoms with Crippen LogP contribution in [-0.4, -0.2) is 57.8 Å². The van der Waals surface area contributed by atoms with Crippen LogP contribution in [0, 0.1) is 5.82 Å². The molecule has 5 rings (SSSR count). The maximum Gasteiger partial charge on any atom is 0.255 e. The molecule has 2 fully saturated rings. The molecule has 0 aliphatic carbocycles. The summed E-state index contributed by atoms with van der Waals surface area (Å²) in [5.74, 6) is -5.24. The molecule has 1 N–H and O–H groups in total. The fraction of sp³-hybridized carbons (Fsp3) is 0.483. The molecule has 9 heteroatoms. The lowest BCUT2D eigenvalue weighted by Gasteiger charge is -2.47. The molecule has 202 valence electrons. The van der Waals surface area contributed by atoms with Crippen LogP contribution < -0.4 is 10.1 Å². The normalized spacial score (nSPS) is 30.5. The molecule has 1 unspecified atom stereocenters. The van der Waals surface area contributed by atoms with E-state index in [4.69, 9.17) is 19.1 Å². The predicted molar refractivity (Wildman–Crippen MR) is 138 cm³/mol. The molecule has 0 bridgehead atoms. The van der Waals surface area contributed by atoms with Gasteiger partial charge in [0.2, 0.25) is 11.8 Å². The Morgan fingerprint density at radius 1 is 1.18 bits per heavy atom. The van der Waals surface area contributed by atoms with Crippen molar-refractivity contribution in [1.29, 1.82) is 0 Å². The number of benzene rings is 2. The molecule has 0 radical (unpaired) electrons. The highest BCUT2D eigenvalue weighted by Crippen LogP contribution is 2.34. The van der Waals surface area contributed by atoms with Crippen LogP contribution in [0.2, 0.25) is 0 Å². The summed E-state index contributed by atoms with van der Waals surface area (Å²) in [7, 11) is 0. The average molecular weight is 531 g/mol. The van der Waals surface area contributed by atoms with E-state index in [0.717, 1.165) is 6.07 Å². The minimum Gasteiger partial charge on any atom is -0.488 e. The number of rotatable bonds is 6. The second kappa shape index (κ2) is 9.78. The molecule has 3 aliphatic rings. The minimum absolute atomic E-state index is 0.0200. The number of amides is 3. The van der Waals surface area contributed by atoms with E-state index >= 15 is 4.39 Å². The fourth-order valence-corrected chi connectivity index (χ4v) is 5.31. The first kappa shape index (κ1) is 18.9. The maximum absolute atomic E-state index is 15.1. The molecule has 0 saturated carbocycles. The number of carbonyl (C=O) groups is 3. The molecule has 3 aliphatic heterocycles. The number of halogens is 1. The van der Waals surface area contributed by atoms with Crippen molar-refractivity contribution in [3.63, 3.8) is 0 Å². The Bertz CT molecular complexity index is 1590. The summed E-state index contributed by atoms with van der Waals surface area (Å²) in [5.41, 5.74) is -0.823. The van der Waals surface area contributed by atoms with Gasteiger partial charge in [-0.15, -0.1) is 0 Å². The van der Waals surface area contributed by atoms with Gasteiger partial charge in [-0.2, -0.15) is 0 Å². The number of fused-ring (bicyclic) bond motifs is 1. The van der Waals surface area contributed by atoms with Gasteiger partial charge in [0.1, 0.15) is 24.1 Å². The Morgan fingerprint density at radius 3 is 2.66 bits per heavy atom. The van der Waals surface area contributed by atoms with Gasteiger partial charge in [0.15, 0.2) is 0 Å². The summed E-state index contributed by atoms with van der Waals surface area (Å²) in [6, 6.07) is 4.81. The largest absolute Gasteiger partial charge is 0.488 e. The monoisotopic (exact) mass is 530 g/mol. The Hall–Kier alpha value is -3.30. The number of nitrogens with one attached hydrogen (secondary N) is 1. The number of nitrogens with zero attached hydrogens (tertiary/aromatic N) is 2. The number of ether oxygens (including phenoxy) is 2. The molecule has 38 heavy (non-hydrogen) atoms. The molecular formula is C29H34FN3O5. The molecule has 0 aromatic heterocycles. The van der Waals surface area contributed by atoms with E-state index in [2.05, 4.69) is 4.90 Å². The number of morpholine rings is 1. The summed E-state index contributed by atoms with van der Waals surface area (Å²) < 4.78 is 85.4. The van der Waals surface area contributed by atoms with Crippen LogP contribution in [0.25, 0.3) is 0 Å². The van der Waals surface area contributed by atoms with Crippen LogP contribution in [0.4, 0.5) is 4.39 Å². The fourth-order valence-electron chi connectivity index (χ4n) is 5.31. The maximum atomic E-state index is 15.1. The van der Waals surface area contributed by atoms with E-state index in [0.29, 0.717) is 30.1 Å². The van der Waals surface area contributed by atoms with Gasteiger partial charge in [-0.1, -0.05) is 12.1 Å². The van der Waals surface area contributed by atoms with Crippen LogP contribution in [0.5, 0.6) is 5.75 Å². The number of piperidine rings is 1. The number of carbonyl (C=O) groups excluding carboxylic acids is 3. The Morgan fingerprint density at radius 2 is 1.92 bits per heavy atom. The first-order chi connectivity index (χ1) is 20.5. The summed E-state index contributed by atoms with van der Waals surface area (Å²) in [6.45, 7) is 6.05. The standard InChI is InChI=1S/C29H34FN3O5/c1-28(2)16-32(17-29(3,4)38-28)13-18-8-9-22(30)19(12-18)15-37-24-7-5-6-20-21(24)14-33(27(20)36)23-10-11-25(34)31-26(23)35/h5-9,12,23H,10-11,13-17H2,1-4H3,(H,31,34,35)/i10D2,11D2,15D2,23D. The van der Waals surface area contributed by atoms with E-state index in [1.807, 2.05) is 27.7 Å². The third-order valence-electron chi connectivity index (χ3n) is 6.40. The van der Waals surface area contributed by atoms with Gasteiger partial charge in [-0.05, 0) is 63.9 Å². The number of imide groups is 1. The van der Waals surface area contributed by atoms with E-state index in [9.17, 15) is 14.4 Å². The average Bonchev–Trinajstić information content (AvgIpc) is 3.23. The molecule has 2 aromatic carbocycles. The lowest BCUT2D eigenvalue weighted by atomic mass is 9.98. The first-order valence-electron chi connectivity index (χ1n) is 15.7. The van der Waals surface area contributed by atoms with Gasteiger partial charge in [0, 0.05) is 48.2 Å². The number of hydrogen-bond donors (Lipinski definition) is 1. The highest BCUT2D eigenvalue weighted by molar-refractivity contribution is 6.05. The van der Waals surface area contributed by atoms with Gasteiger partial charge in [-0.3, -0.25) is 24.6 Å². The quantitative estimate of drug-likeness (QED) is 0.575. The van der Waals surface area contributed by atoms with E-state index in [1.54, 1.807) is 11.4 Å². The van der Waals surface area contributed by atoms with Crippen molar-refractivity contribution in [1.82, 2.24) is 15.1 Å². The second-order valence-electron chi connectivity index (χ2n) is 10.8. The Kier molecular flexibility index (Phi) is 4.86. The summed E-state index contributed by atoms with van der Waals surface area (Å²) in [6.07, 6.45) is -6.81. The molecule has 8 nitrogen and oxygen atoms in total. The van der Waals surface area contributed by atoms with Crippen LogP contribution in [0.1, 0.15) is 77.1 Å². The summed E-state index contributed by atoms with van der Waals surface area (Å²) in [5, 5.41) is 1.65. The third kappa shape index (κ3) is 5.44. The third-order valence-corrected chi connectivity index (χ3v) is 6.40. The van der Waals surface area contributed by atoms with Gasteiger partial charge >= 0.3 is 0 Å². The van der Waals surface area contributed by atoms with E-state index < -0.39 is 72.2 Å². The lowest BCUT2D eigenvalue weighted by Crippen LogP contribution is -2.56. The Labute approximate surface area is 231 Å². The van der Waals surface area contributed by atoms with Crippen molar-refractivity contribution in [3.05, 3.63) is 64.5 Å². The zero-order valence-electron chi connectivity index (χ0n) is 28.6. The summed E-state index contributed by atoms with van der Waals surface area (Å²) >= 11 is 0. The van der Waals surface area contributed by atoms with Crippen LogP contribution in [0.3, 0.4) is 0 Å².